The molecular formula is C13H9F4N3O. The first-order chi connectivity index (χ1) is 9.93. The number of carbonyl (C=O) groups excluding carboxylic acids is 1. The van der Waals surface area contributed by atoms with E-state index in [0.29, 0.717) is 12.1 Å². The number of hydrogen-bond donors (Lipinski definition) is 3. The minimum Gasteiger partial charge on any atom is -0.319 e. The van der Waals surface area contributed by atoms with Gasteiger partial charge in [0.05, 0.1) is 0 Å². The Bertz CT molecular complexity index is 663. The number of hydrazine groups is 1. The number of para-hydroxylation sites is 1. The van der Waals surface area contributed by atoms with Crippen molar-refractivity contribution in [2.24, 2.45) is 5.84 Å². The van der Waals surface area contributed by atoms with Crippen molar-refractivity contribution >= 4 is 17.3 Å². The van der Waals surface area contributed by atoms with Gasteiger partial charge in [-0.15, -0.1) is 0 Å². The molecule has 2 aromatic rings. The third-order valence-corrected chi connectivity index (χ3v) is 2.65. The van der Waals surface area contributed by atoms with Gasteiger partial charge in [0, 0.05) is 5.56 Å². The van der Waals surface area contributed by atoms with Crippen LogP contribution in [0.15, 0.2) is 30.3 Å². The van der Waals surface area contributed by atoms with Crippen LogP contribution < -0.4 is 16.6 Å². The highest BCUT2D eigenvalue weighted by Gasteiger charge is 2.17. The van der Waals surface area contributed by atoms with Crippen LogP contribution in [0.3, 0.4) is 0 Å². The van der Waals surface area contributed by atoms with Crippen molar-refractivity contribution < 1.29 is 22.4 Å². The molecule has 110 valence electrons. The molecule has 0 bridgehead atoms. The fourth-order valence-corrected chi connectivity index (χ4v) is 1.65. The van der Waals surface area contributed by atoms with Crippen molar-refractivity contribution in [1.82, 2.24) is 0 Å². The van der Waals surface area contributed by atoms with Gasteiger partial charge in [0.15, 0.2) is 11.6 Å². The van der Waals surface area contributed by atoms with Crippen LogP contribution in [0.25, 0.3) is 0 Å². The molecule has 0 aliphatic carbocycles. The summed E-state index contributed by atoms with van der Waals surface area (Å²) in [6, 6.07) is 4.35. The van der Waals surface area contributed by atoms with E-state index in [4.69, 9.17) is 5.84 Å². The number of benzene rings is 2. The second kappa shape index (κ2) is 5.80. The van der Waals surface area contributed by atoms with Gasteiger partial charge in [-0.1, -0.05) is 6.07 Å². The van der Waals surface area contributed by atoms with Crippen molar-refractivity contribution in [1.29, 1.82) is 0 Å². The minimum absolute atomic E-state index is 0.452. The lowest BCUT2D eigenvalue weighted by Gasteiger charge is -2.09. The lowest BCUT2D eigenvalue weighted by molar-refractivity contribution is 0.102. The van der Waals surface area contributed by atoms with Crippen molar-refractivity contribution in [2.45, 2.75) is 0 Å². The molecular weight excluding hydrogens is 290 g/mol. The lowest BCUT2D eigenvalue weighted by atomic mass is 10.1. The molecule has 0 aliphatic rings. The largest absolute Gasteiger partial charge is 0.319 e. The van der Waals surface area contributed by atoms with Crippen LogP contribution in [0.2, 0.25) is 0 Å². The second-order valence-electron chi connectivity index (χ2n) is 4.01. The predicted molar refractivity (Wildman–Crippen MR) is 68.5 cm³/mol. The number of carbonyl (C=O) groups is 1. The highest BCUT2D eigenvalue weighted by molar-refractivity contribution is 6.04. The Labute approximate surface area is 116 Å². The van der Waals surface area contributed by atoms with Gasteiger partial charge >= 0.3 is 0 Å². The standard InChI is InChI=1S/C13H9F4N3O/c14-7-2-1-3-8(15)11(7)19-13(21)6-4-9(16)12(20-18)10(17)5-6/h1-5,20H,18H2,(H,19,21). The summed E-state index contributed by atoms with van der Waals surface area (Å²) >= 11 is 0. The highest BCUT2D eigenvalue weighted by atomic mass is 19.1. The van der Waals surface area contributed by atoms with Gasteiger partial charge < -0.3 is 10.7 Å². The van der Waals surface area contributed by atoms with Crippen molar-refractivity contribution in [3.8, 4) is 0 Å². The minimum atomic E-state index is -1.11. The predicted octanol–water partition coefficient (Wildman–Crippen LogP) is 2.78. The first-order valence-corrected chi connectivity index (χ1v) is 5.65. The fraction of sp³-hybridized carbons (Fsp3) is 0. The smallest absolute Gasteiger partial charge is 0.256 e. The normalized spacial score (nSPS) is 10.3. The third kappa shape index (κ3) is 2.95. The first-order valence-electron chi connectivity index (χ1n) is 5.65. The average Bonchev–Trinajstić information content (AvgIpc) is 2.42. The molecule has 21 heavy (non-hydrogen) atoms. The van der Waals surface area contributed by atoms with E-state index >= 15 is 0 Å². The molecule has 0 unspecified atom stereocenters. The van der Waals surface area contributed by atoms with E-state index in [1.54, 1.807) is 5.43 Å². The molecule has 0 aromatic heterocycles. The van der Waals surface area contributed by atoms with Crippen LogP contribution in [0.1, 0.15) is 10.4 Å². The van der Waals surface area contributed by atoms with E-state index in [1.807, 2.05) is 5.32 Å². The molecule has 0 radical (unpaired) electrons. The maximum atomic E-state index is 13.5. The number of halogens is 4. The first kappa shape index (κ1) is 14.8. The quantitative estimate of drug-likeness (QED) is 0.464. The Balaban J connectivity index is 2.33. The number of nitrogens with two attached hydrogens (primary N) is 1. The van der Waals surface area contributed by atoms with Gasteiger partial charge in [-0.05, 0) is 24.3 Å². The van der Waals surface area contributed by atoms with E-state index in [1.165, 1.54) is 0 Å². The van der Waals surface area contributed by atoms with E-state index in [2.05, 4.69) is 0 Å². The summed E-state index contributed by atoms with van der Waals surface area (Å²) < 4.78 is 53.7. The monoisotopic (exact) mass is 299 g/mol. The van der Waals surface area contributed by atoms with E-state index in [-0.39, 0.29) is 0 Å². The molecule has 1 amide bonds. The third-order valence-electron chi connectivity index (χ3n) is 2.65. The van der Waals surface area contributed by atoms with Gasteiger partial charge in [0.1, 0.15) is 23.0 Å². The van der Waals surface area contributed by atoms with Gasteiger partial charge in [-0.25, -0.2) is 17.6 Å². The summed E-state index contributed by atoms with van der Waals surface area (Å²) in [6.45, 7) is 0. The zero-order valence-corrected chi connectivity index (χ0v) is 10.4. The molecule has 0 saturated heterocycles. The highest BCUT2D eigenvalue weighted by Crippen LogP contribution is 2.22. The molecule has 0 aliphatic heterocycles. The number of amides is 1. The summed E-state index contributed by atoms with van der Waals surface area (Å²) in [5.41, 5.74) is 0.0178. The van der Waals surface area contributed by atoms with Crippen LogP contribution in [-0.4, -0.2) is 5.91 Å². The molecule has 4 N–H and O–H groups in total. The summed E-state index contributed by atoms with van der Waals surface area (Å²) in [6.07, 6.45) is 0. The van der Waals surface area contributed by atoms with Gasteiger partial charge in [0.25, 0.3) is 5.91 Å². The van der Waals surface area contributed by atoms with E-state index < -0.39 is 46.1 Å². The number of anilines is 2. The Morgan fingerprint density at radius 2 is 1.43 bits per heavy atom. The van der Waals surface area contributed by atoms with Crippen LogP contribution in [0, 0.1) is 23.3 Å². The topological polar surface area (TPSA) is 67.1 Å². The number of nitrogen functional groups attached to an aromatic ring is 1. The van der Waals surface area contributed by atoms with Crippen LogP contribution >= 0.6 is 0 Å². The SMILES string of the molecule is NNc1c(F)cc(C(=O)Nc2c(F)cccc2F)cc1F. The molecule has 2 rings (SSSR count). The van der Waals surface area contributed by atoms with Gasteiger partial charge in [-0.3, -0.25) is 10.6 Å². The van der Waals surface area contributed by atoms with Crippen LogP contribution in [-0.2, 0) is 0 Å². The molecule has 0 saturated carbocycles. The molecule has 8 heteroatoms. The number of nitrogens with one attached hydrogen (secondary N) is 2. The Morgan fingerprint density at radius 3 is 1.90 bits per heavy atom. The zero-order chi connectivity index (χ0) is 15.6. The van der Waals surface area contributed by atoms with Crippen molar-refractivity contribution in [2.75, 3.05) is 10.7 Å². The molecule has 4 nitrogen and oxygen atoms in total. The zero-order valence-electron chi connectivity index (χ0n) is 10.4. The van der Waals surface area contributed by atoms with E-state index in [0.717, 1.165) is 18.2 Å². The summed E-state index contributed by atoms with van der Waals surface area (Å²) in [5.74, 6) is -0.406. The molecule has 0 fully saturated rings. The maximum Gasteiger partial charge on any atom is 0.256 e. The summed E-state index contributed by atoms with van der Waals surface area (Å²) in [4.78, 5) is 11.8. The Hall–Kier alpha value is -2.61. The summed E-state index contributed by atoms with van der Waals surface area (Å²) in [5, 5.41) is 1.91. The van der Waals surface area contributed by atoms with E-state index in [9.17, 15) is 22.4 Å². The van der Waals surface area contributed by atoms with Gasteiger partial charge in [-0.2, -0.15) is 0 Å². The maximum absolute atomic E-state index is 13.5. The Kier molecular flexibility index (Phi) is 4.08. The van der Waals surface area contributed by atoms with Gasteiger partial charge in [0.2, 0.25) is 0 Å². The van der Waals surface area contributed by atoms with Crippen LogP contribution in [0.5, 0.6) is 0 Å². The Morgan fingerprint density at radius 1 is 0.905 bits per heavy atom. The number of hydrogen-bond acceptors (Lipinski definition) is 3. The lowest BCUT2D eigenvalue weighted by Crippen LogP contribution is -2.16. The molecule has 0 heterocycles. The summed E-state index contributed by atoms with van der Waals surface area (Å²) in [7, 11) is 0. The molecule has 0 atom stereocenters. The average molecular weight is 299 g/mol. The molecule has 2 aromatic carbocycles. The van der Waals surface area contributed by atoms with Crippen molar-refractivity contribution in [3.63, 3.8) is 0 Å². The van der Waals surface area contributed by atoms with Crippen molar-refractivity contribution in [3.05, 3.63) is 59.2 Å². The number of rotatable bonds is 3. The second-order valence-corrected chi connectivity index (χ2v) is 4.01. The fourth-order valence-electron chi connectivity index (χ4n) is 1.65. The van der Waals surface area contributed by atoms with Crippen LogP contribution in [0.4, 0.5) is 28.9 Å². The molecule has 0 spiro atoms.